The zero-order chi connectivity index (χ0) is 23.1. The zero-order valence-electron chi connectivity index (χ0n) is 18.7. The first kappa shape index (κ1) is 21.8. The van der Waals surface area contributed by atoms with Crippen LogP contribution in [0.2, 0.25) is 0 Å². The Labute approximate surface area is 198 Å². The molecule has 0 saturated heterocycles. The van der Waals surface area contributed by atoms with Crippen LogP contribution in [0.3, 0.4) is 0 Å². The molecule has 0 fully saturated rings. The number of hydrogen-bond donors (Lipinski definition) is 2. The highest BCUT2D eigenvalue weighted by Crippen LogP contribution is 2.34. The lowest BCUT2D eigenvalue weighted by Crippen LogP contribution is -2.24. The molecule has 4 aromatic rings. The summed E-state index contributed by atoms with van der Waals surface area (Å²) in [6.45, 7) is 7.29. The fourth-order valence-corrected chi connectivity index (χ4v) is 6.09. The molecule has 5 rings (SSSR count). The van der Waals surface area contributed by atoms with E-state index >= 15 is 0 Å². The van der Waals surface area contributed by atoms with Crippen molar-refractivity contribution in [1.29, 1.82) is 0 Å². The van der Waals surface area contributed by atoms with Gasteiger partial charge in [0.15, 0.2) is 5.13 Å². The minimum absolute atomic E-state index is 0.0115. The lowest BCUT2D eigenvalue weighted by atomic mass is 10.0. The summed E-state index contributed by atoms with van der Waals surface area (Å²) < 4.78 is 8.28. The van der Waals surface area contributed by atoms with Gasteiger partial charge < -0.3 is 4.74 Å². The van der Waals surface area contributed by atoms with Gasteiger partial charge in [-0.25, -0.2) is 14.8 Å². The monoisotopic (exact) mass is 483 g/mol. The summed E-state index contributed by atoms with van der Waals surface area (Å²) >= 11 is 2.72. The number of fused-ring (bicyclic) bond motifs is 3. The van der Waals surface area contributed by atoms with E-state index in [1.807, 2.05) is 36.6 Å². The Kier molecular flexibility index (Phi) is 5.79. The standard InChI is InChI=1S/C23H25N5O3S2/c1-4-31-14-6-7-15-16(11-14)32-23(24-15)27-22(30)26-19-13(3)18-20(33-19)25-17-8-5-12(2)9-10-28(17)21(18)29/h6-7,11-12H,4-5,8-10H2,1-3H3,(H2,24,26,27,30). The minimum Gasteiger partial charge on any atom is -0.494 e. The van der Waals surface area contributed by atoms with Crippen LogP contribution in [-0.4, -0.2) is 27.2 Å². The first-order chi connectivity index (χ1) is 15.9. The maximum atomic E-state index is 13.2. The molecule has 2 amide bonds. The van der Waals surface area contributed by atoms with Gasteiger partial charge in [-0.15, -0.1) is 0 Å². The number of rotatable bonds is 4. The molecule has 0 spiro atoms. The van der Waals surface area contributed by atoms with Crippen LogP contribution in [0.1, 0.15) is 38.1 Å². The number of nitrogens with zero attached hydrogens (tertiary/aromatic N) is 3. The predicted molar refractivity (Wildman–Crippen MR) is 134 cm³/mol. The van der Waals surface area contributed by atoms with E-state index in [0.717, 1.165) is 46.6 Å². The van der Waals surface area contributed by atoms with Gasteiger partial charge in [0.05, 0.1) is 22.2 Å². The van der Waals surface area contributed by atoms with Crippen LogP contribution >= 0.6 is 22.7 Å². The van der Waals surface area contributed by atoms with Crippen molar-refractivity contribution in [2.75, 3.05) is 17.2 Å². The third-order valence-electron chi connectivity index (χ3n) is 5.95. The van der Waals surface area contributed by atoms with Gasteiger partial charge in [0.1, 0.15) is 21.4 Å². The van der Waals surface area contributed by atoms with E-state index in [-0.39, 0.29) is 5.56 Å². The summed E-state index contributed by atoms with van der Waals surface area (Å²) in [5.74, 6) is 2.20. The van der Waals surface area contributed by atoms with Crippen LogP contribution < -0.4 is 20.9 Å². The van der Waals surface area contributed by atoms with E-state index in [1.54, 1.807) is 0 Å². The van der Waals surface area contributed by atoms with Gasteiger partial charge in [-0.3, -0.25) is 20.0 Å². The Hall–Kier alpha value is -2.98. The SMILES string of the molecule is CCOc1ccc2nc(NC(=O)Nc3sc4nc5n(c(=O)c4c3C)CCC(C)CC5)sc2c1. The number of carbonyl (C=O) groups is 1. The van der Waals surface area contributed by atoms with Gasteiger partial charge >= 0.3 is 6.03 Å². The lowest BCUT2D eigenvalue weighted by molar-refractivity contribution is 0.262. The number of anilines is 2. The van der Waals surface area contributed by atoms with Crippen molar-refractivity contribution in [3.05, 3.63) is 39.9 Å². The van der Waals surface area contributed by atoms with Crippen LogP contribution in [0.4, 0.5) is 14.9 Å². The van der Waals surface area contributed by atoms with Crippen molar-refractivity contribution in [2.45, 2.75) is 46.6 Å². The number of hydrogen-bond acceptors (Lipinski definition) is 7. The van der Waals surface area contributed by atoms with Crippen LogP contribution in [0.25, 0.3) is 20.4 Å². The summed E-state index contributed by atoms with van der Waals surface area (Å²) in [6, 6.07) is 5.26. The van der Waals surface area contributed by atoms with Crippen molar-refractivity contribution in [2.24, 2.45) is 5.92 Å². The molecule has 2 N–H and O–H groups in total. The lowest BCUT2D eigenvalue weighted by Gasteiger charge is -2.08. The van der Waals surface area contributed by atoms with Crippen molar-refractivity contribution < 1.29 is 9.53 Å². The highest BCUT2D eigenvalue weighted by molar-refractivity contribution is 7.23. The molecule has 172 valence electrons. The Morgan fingerprint density at radius 3 is 2.91 bits per heavy atom. The summed E-state index contributed by atoms with van der Waals surface area (Å²) in [7, 11) is 0. The van der Waals surface area contributed by atoms with Gasteiger partial charge in [-0.1, -0.05) is 29.6 Å². The maximum absolute atomic E-state index is 13.2. The molecule has 1 aliphatic rings. The smallest absolute Gasteiger partial charge is 0.326 e. The van der Waals surface area contributed by atoms with Crippen molar-refractivity contribution in [3.8, 4) is 5.75 Å². The van der Waals surface area contributed by atoms with Crippen LogP contribution in [0.15, 0.2) is 23.0 Å². The molecule has 0 bridgehead atoms. The van der Waals surface area contributed by atoms with Gasteiger partial charge in [0, 0.05) is 13.0 Å². The predicted octanol–water partition coefficient (Wildman–Crippen LogP) is 5.39. The topological polar surface area (TPSA) is 98.1 Å². The Balaban J connectivity index is 1.38. The molecule has 0 radical (unpaired) electrons. The maximum Gasteiger partial charge on any atom is 0.326 e. The third kappa shape index (κ3) is 4.20. The van der Waals surface area contributed by atoms with Crippen molar-refractivity contribution in [3.63, 3.8) is 0 Å². The molecule has 0 saturated carbocycles. The normalized spacial score (nSPS) is 15.9. The number of urea groups is 1. The van der Waals surface area contributed by atoms with Gasteiger partial charge in [0.25, 0.3) is 5.56 Å². The van der Waals surface area contributed by atoms with E-state index in [1.165, 1.54) is 22.7 Å². The highest BCUT2D eigenvalue weighted by Gasteiger charge is 2.21. The molecule has 1 aliphatic heterocycles. The second-order valence-corrected chi connectivity index (χ2v) is 10.3. The van der Waals surface area contributed by atoms with Gasteiger partial charge in [-0.2, -0.15) is 0 Å². The molecule has 1 unspecified atom stereocenters. The number of aryl methyl sites for hydroxylation is 2. The highest BCUT2D eigenvalue weighted by atomic mass is 32.1. The second kappa shape index (κ2) is 8.75. The fourth-order valence-electron chi connectivity index (χ4n) is 4.11. The molecule has 33 heavy (non-hydrogen) atoms. The molecule has 1 atom stereocenters. The van der Waals surface area contributed by atoms with Gasteiger partial charge in [-0.05, 0) is 56.4 Å². The third-order valence-corrected chi connectivity index (χ3v) is 7.99. The summed E-state index contributed by atoms with van der Waals surface area (Å²) in [6.07, 6.45) is 2.81. The number of amides is 2. The quantitative estimate of drug-likeness (QED) is 0.405. The Bertz CT molecular complexity index is 1420. The molecular formula is C23H25N5O3S2. The van der Waals surface area contributed by atoms with Crippen LogP contribution in [0, 0.1) is 12.8 Å². The summed E-state index contributed by atoms with van der Waals surface area (Å²) in [4.78, 5) is 35.8. The Morgan fingerprint density at radius 2 is 2.09 bits per heavy atom. The number of thiophene rings is 1. The first-order valence-electron chi connectivity index (χ1n) is 11.1. The second-order valence-electron chi connectivity index (χ2n) is 8.31. The molecule has 8 nitrogen and oxygen atoms in total. The van der Waals surface area contributed by atoms with Crippen molar-refractivity contribution in [1.82, 2.24) is 14.5 Å². The van der Waals surface area contributed by atoms with Crippen LogP contribution in [0.5, 0.6) is 5.75 Å². The number of nitrogens with one attached hydrogen (secondary N) is 2. The molecule has 4 heterocycles. The molecular weight excluding hydrogens is 458 g/mol. The minimum atomic E-state index is -0.399. The number of thiazole rings is 1. The molecule has 0 aliphatic carbocycles. The average Bonchev–Trinajstić information content (AvgIpc) is 3.24. The number of benzene rings is 1. The van der Waals surface area contributed by atoms with Gasteiger partial charge in [0.2, 0.25) is 0 Å². The van der Waals surface area contributed by atoms with E-state index in [2.05, 4.69) is 22.5 Å². The molecule has 10 heteroatoms. The summed E-state index contributed by atoms with van der Waals surface area (Å²) in [5, 5.41) is 7.40. The molecule has 3 aromatic heterocycles. The number of ether oxygens (including phenoxy) is 1. The first-order valence-corrected chi connectivity index (χ1v) is 12.7. The molecule has 1 aromatic carbocycles. The van der Waals surface area contributed by atoms with E-state index in [0.29, 0.717) is 39.4 Å². The number of carbonyl (C=O) groups excluding carboxylic acids is 1. The Morgan fingerprint density at radius 1 is 1.24 bits per heavy atom. The van der Waals surface area contributed by atoms with Crippen LogP contribution in [-0.2, 0) is 13.0 Å². The van der Waals surface area contributed by atoms with E-state index < -0.39 is 6.03 Å². The summed E-state index contributed by atoms with van der Waals surface area (Å²) in [5.41, 5.74) is 1.54. The fraction of sp³-hybridized carbons (Fsp3) is 0.391. The van der Waals surface area contributed by atoms with Crippen molar-refractivity contribution >= 4 is 59.3 Å². The zero-order valence-corrected chi connectivity index (χ0v) is 20.4. The van der Waals surface area contributed by atoms with E-state index in [9.17, 15) is 9.59 Å². The van der Waals surface area contributed by atoms with E-state index in [4.69, 9.17) is 9.72 Å². The number of aromatic nitrogens is 3. The largest absolute Gasteiger partial charge is 0.494 e. The average molecular weight is 484 g/mol.